The largest absolute Gasteiger partial charge is 0.497 e. The van der Waals surface area contributed by atoms with Crippen LogP contribution >= 0.6 is 0 Å². The van der Waals surface area contributed by atoms with Crippen LogP contribution in [0.3, 0.4) is 0 Å². The number of benzene rings is 2. The van der Waals surface area contributed by atoms with E-state index in [0.29, 0.717) is 17.9 Å². The number of fused-ring (bicyclic) bond motifs is 1. The lowest BCUT2D eigenvalue weighted by Crippen LogP contribution is -2.47. The maximum Gasteiger partial charge on any atom is 0.269 e. The molecule has 2 aromatic carbocycles. The highest BCUT2D eigenvalue weighted by molar-refractivity contribution is 5.95. The molecular formula is C23H24N4O3. The normalized spacial score (nSPS) is 14.2. The van der Waals surface area contributed by atoms with Crippen LogP contribution in [-0.2, 0) is 4.79 Å². The van der Waals surface area contributed by atoms with Crippen molar-refractivity contribution >= 4 is 28.3 Å². The lowest BCUT2D eigenvalue weighted by molar-refractivity contribution is -0.122. The van der Waals surface area contributed by atoms with Gasteiger partial charge in [0.1, 0.15) is 5.75 Å². The molecule has 0 radical (unpaired) electrons. The predicted molar refractivity (Wildman–Crippen MR) is 116 cm³/mol. The molecule has 3 N–H and O–H groups in total. The van der Waals surface area contributed by atoms with E-state index in [-0.39, 0.29) is 18.4 Å². The fraction of sp³-hybridized carbons (Fsp3) is 0.217. The first-order valence-electron chi connectivity index (χ1n) is 9.85. The third-order valence-electron chi connectivity index (χ3n) is 5.26. The van der Waals surface area contributed by atoms with Gasteiger partial charge in [0.2, 0.25) is 0 Å². The smallest absolute Gasteiger partial charge is 0.269 e. The third-order valence-corrected chi connectivity index (χ3v) is 5.26. The van der Waals surface area contributed by atoms with Crippen molar-refractivity contribution in [3.8, 4) is 5.75 Å². The Morgan fingerprint density at radius 3 is 2.63 bits per heavy atom. The van der Waals surface area contributed by atoms with Gasteiger partial charge in [-0.25, -0.2) is 0 Å². The van der Waals surface area contributed by atoms with Gasteiger partial charge in [0.05, 0.1) is 13.7 Å². The fourth-order valence-corrected chi connectivity index (χ4v) is 3.62. The number of nitrogens with one attached hydrogen (secondary N) is 3. The number of hydrogen-bond acceptors (Lipinski definition) is 4. The predicted octanol–water partition coefficient (Wildman–Crippen LogP) is 2.73. The van der Waals surface area contributed by atoms with Crippen molar-refractivity contribution in [3.63, 3.8) is 0 Å². The van der Waals surface area contributed by atoms with E-state index in [9.17, 15) is 9.59 Å². The van der Waals surface area contributed by atoms with Gasteiger partial charge in [0.15, 0.2) is 0 Å². The number of amides is 2. The van der Waals surface area contributed by atoms with Crippen LogP contribution in [0.15, 0.2) is 60.8 Å². The Balaban J connectivity index is 1.28. The van der Waals surface area contributed by atoms with Gasteiger partial charge in [0, 0.05) is 41.3 Å². The minimum Gasteiger partial charge on any atom is -0.497 e. The number of para-hydroxylation sites is 1. The van der Waals surface area contributed by atoms with Crippen LogP contribution in [0.4, 0.5) is 0 Å². The molecule has 0 saturated carbocycles. The van der Waals surface area contributed by atoms with Crippen LogP contribution in [0.1, 0.15) is 22.3 Å². The van der Waals surface area contributed by atoms with Crippen molar-refractivity contribution < 1.29 is 14.3 Å². The molecule has 1 aliphatic heterocycles. The van der Waals surface area contributed by atoms with Crippen LogP contribution in [0.25, 0.3) is 16.5 Å². The number of carbonyl (C=O) groups excluding carboxylic acids is 2. The van der Waals surface area contributed by atoms with Gasteiger partial charge < -0.3 is 9.72 Å². The number of aromatic nitrogens is 1. The Hall–Kier alpha value is -3.58. The molecule has 0 spiro atoms. The van der Waals surface area contributed by atoms with Gasteiger partial charge in [-0.15, -0.1) is 0 Å². The number of carbonyl (C=O) groups is 2. The molecule has 1 aromatic heterocycles. The van der Waals surface area contributed by atoms with Gasteiger partial charge in [-0.2, -0.15) is 0 Å². The molecule has 0 atom stereocenters. The van der Waals surface area contributed by atoms with E-state index in [1.807, 2.05) is 23.2 Å². The number of hydrazine groups is 1. The molecule has 7 nitrogen and oxygen atoms in total. The molecule has 1 aliphatic rings. The zero-order valence-electron chi connectivity index (χ0n) is 16.8. The van der Waals surface area contributed by atoms with E-state index in [0.717, 1.165) is 18.5 Å². The van der Waals surface area contributed by atoms with Crippen molar-refractivity contribution in [3.05, 3.63) is 71.9 Å². The molecule has 30 heavy (non-hydrogen) atoms. The van der Waals surface area contributed by atoms with Gasteiger partial charge >= 0.3 is 0 Å². The summed E-state index contributed by atoms with van der Waals surface area (Å²) in [6.45, 7) is 1.69. The van der Waals surface area contributed by atoms with Crippen LogP contribution in [0.5, 0.6) is 5.75 Å². The van der Waals surface area contributed by atoms with Gasteiger partial charge in [-0.3, -0.25) is 25.3 Å². The highest BCUT2D eigenvalue weighted by atomic mass is 16.5. The Morgan fingerprint density at radius 1 is 1.10 bits per heavy atom. The van der Waals surface area contributed by atoms with E-state index >= 15 is 0 Å². The van der Waals surface area contributed by atoms with E-state index < -0.39 is 0 Å². The number of aromatic amines is 1. The van der Waals surface area contributed by atoms with E-state index in [1.165, 1.54) is 16.5 Å². The average molecular weight is 404 g/mol. The van der Waals surface area contributed by atoms with Crippen LogP contribution in [0, 0.1) is 0 Å². The summed E-state index contributed by atoms with van der Waals surface area (Å²) < 4.78 is 5.07. The van der Waals surface area contributed by atoms with Crippen LogP contribution < -0.4 is 15.6 Å². The van der Waals surface area contributed by atoms with Crippen molar-refractivity contribution in [2.75, 3.05) is 26.7 Å². The van der Waals surface area contributed by atoms with Crippen molar-refractivity contribution in [1.29, 1.82) is 0 Å². The first-order valence-corrected chi connectivity index (χ1v) is 9.85. The molecule has 0 aliphatic carbocycles. The standard InChI is InChI=1S/C23H24N4O3/c1-30-18-8-6-17(7-9-18)23(29)26-25-22(28)15-27-12-10-16(11-13-27)20-14-24-21-5-3-2-4-19(20)21/h2-10,14,24H,11-13,15H2,1H3,(H,25,28)(H,26,29). The summed E-state index contributed by atoms with van der Waals surface area (Å²) in [6.07, 6.45) is 5.09. The molecule has 0 saturated heterocycles. The molecule has 0 fully saturated rings. The zero-order valence-corrected chi connectivity index (χ0v) is 16.8. The maximum atomic E-state index is 12.2. The summed E-state index contributed by atoms with van der Waals surface area (Å²) in [5, 5.41) is 1.22. The Labute approximate surface area is 174 Å². The zero-order chi connectivity index (χ0) is 20.9. The van der Waals surface area contributed by atoms with Crippen molar-refractivity contribution in [2.24, 2.45) is 0 Å². The Bertz CT molecular complexity index is 1090. The molecule has 4 rings (SSSR count). The number of nitrogens with zero attached hydrogens (tertiary/aromatic N) is 1. The fourth-order valence-electron chi connectivity index (χ4n) is 3.62. The van der Waals surface area contributed by atoms with Crippen LogP contribution in [-0.4, -0.2) is 48.4 Å². The number of hydrogen-bond donors (Lipinski definition) is 3. The number of H-pyrrole nitrogens is 1. The van der Waals surface area contributed by atoms with Crippen molar-refractivity contribution in [2.45, 2.75) is 6.42 Å². The SMILES string of the molecule is COc1ccc(C(=O)NNC(=O)CN2CC=C(c3c[nH]c4ccccc34)CC2)cc1. The minimum atomic E-state index is -0.369. The second-order valence-corrected chi connectivity index (χ2v) is 7.19. The first-order chi connectivity index (χ1) is 14.6. The summed E-state index contributed by atoms with van der Waals surface area (Å²) in [7, 11) is 1.56. The summed E-state index contributed by atoms with van der Waals surface area (Å²) in [4.78, 5) is 29.7. The summed E-state index contributed by atoms with van der Waals surface area (Å²) in [6, 6.07) is 14.9. The number of ether oxygens (including phenoxy) is 1. The van der Waals surface area contributed by atoms with E-state index in [4.69, 9.17) is 4.74 Å². The number of methoxy groups -OCH3 is 1. The van der Waals surface area contributed by atoms with Crippen LogP contribution in [0.2, 0.25) is 0 Å². The summed E-state index contributed by atoms with van der Waals surface area (Å²) in [5.41, 5.74) is 9.02. The highest BCUT2D eigenvalue weighted by Gasteiger charge is 2.18. The first kappa shape index (κ1) is 19.7. The van der Waals surface area contributed by atoms with Gasteiger partial charge in [-0.05, 0) is 42.3 Å². The topological polar surface area (TPSA) is 86.5 Å². The highest BCUT2D eigenvalue weighted by Crippen LogP contribution is 2.28. The number of rotatable bonds is 5. The lowest BCUT2D eigenvalue weighted by atomic mass is 9.99. The molecule has 2 amide bonds. The molecule has 3 aromatic rings. The molecule has 154 valence electrons. The summed E-state index contributed by atoms with van der Waals surface area (Å²) >= 11 is 0. The molecule has 2 heterocycles. The summed E-state index contributed by atoms with van der Waals surface area (Å²) in [5.74, 6) is 0.0488. The lowest BCUT2D eigenvalue weighted by Gasteiger charge is -2.25. The Morgan fingerprint density at radius 2 is 1.90 bits per heavy atom. The molecule has 7 heteroatoms. The third kappa shape index (κ3) is 4.36. The Kier molecular flexibility index (Phi) is 5.81. The molecule has 0 bridgehead atoms. The van der Waals surface area contributed by atoms with E-state index in [2.05, 4.69) is 34.0 Å². The second-order valence-electron chi connectivity index (χ2n) is 7.19. The minimum absolute atomic E-state index is 0.223. The van der Waals surface area contributed by atoms with Crippen molar-refractivity contribution in [1.82, 2.24) is 20.7 Å². The quantitative estimate of drug-likeness (QED) is 0.571. The molecule has 0 unspecified atom stereocenters. The molecular weight excluding hydrogens is 380 g/mol. The van der Waals surface area contributed by atoms with E-state index in [1.54, 1.807) is 31.4 Å². The average Bonchev–Trinajstić information content (AvgIpc) is 3.22. The maximum absolute atomic E-state index is 12.2. The van der Waals surface area contributed by atoms with Gasteiger partial charge in [-0.1, -0.05) is 24.3 Å². The second kappa shape index (κ2) is 8.84. The monoisotopic (exact) mass is 404 g/mol. The van der Waals surface area contributed by atoms with Gasteiger partial charge in [0.25, 0.3) is 11.8 Å².